The van der Waals surface area contributed by atoms with Gasteiger partial charge in [0.25, 0.3) is 11.5 Å². The number of hydrogen-bond donors (Lipinski definition) is 2. The zero-order valence-electron chi connectivity index (χ0n) is 16.6. The van der Waals surface area contributed by atoms with E-state index < -0.39 is 23.3 Å². The Balaban J connectivity index is 1.68. The molecule has 0 radical (unpaired) electrons. The second kappa shape index (κ2) is 8.41. The number of urea groups is 1. The Morgan fingerprint density at radius 2 is 1.84 bits per heavy atom. The molecule has 0 spiro atoms. The second-order valence-corrected chi connectivity index (χ2v) is 6.92. The van der Waals surface area contributed by atoms with Crippen LogP contribution >= 0.6 is 0 Å². The van der Waals surface area contributed by atoms with Crippen molar-refractivity contribution in [3.05, 3.63) is 93.3 Å². The molecule has 1 fully saturated rings. The van der Waals surface area contributed by atoms with Gasteiger partial charge < -0.3 is 10.1 Å². The molecule has 0 atom stereocenters. The van der Waals surface area contributed by atoms with E-state index in [-0.39, 0.29) is 24.4 Å². The monoisotopic (exact) mass is 422 g/mol. The van der Waals surface area contributed by atoms with Gasteiger partial charge in [0.2, 0.25) is 0 Å². The van der Waals surface area contributed by atoms with Gasteiger partial charge in [-0.3, -0.25) is 19.6 Å². The molecule has 0 aliphatic carbocycles. The summed E-state index contributed by atoms with van der Waals surface area (Å²) in [7, 11) is 1.48. The van der Waals surface area contributed by atoms with Crippen molar-refractivity contribution in [2.45, 2.75) is 13.2 Å². The molecule has 8 nitrogen and oxygen atoms in total. The fourth-order valence-electron chi connectivity index (χ4n) is 3.34. The van der Waals surface area contributed by atoms with E-state index in [1.165, 1.54) is 36.1 Å². The van der Waals surface area contributed by atoms with Gasteiger partial charge in [-0.25, -0.2) is 13.9 Å². The molecule has 4 rings (SSSR count). The summed E-state index contributed by atoms with van der Waals surface area (Å²) < 4.78 is 19.9. The van der Waals surface area contributed by atoms with Crippen LogP contribution in [0.15, 0.2) is 65.1 Å². The number of amides is 3. The molecule has 158 valence electrons. The Morgan fingerprint density at radius 1 is 1.06 bits per heavy atom. The third-order valence-corrected chi connectivity index (χ3v) is 4.79. The lowest BCUT2D eigenvalue weighted by atomic mass is 10.2. The van der Waals surface area contributed by atoms with Crippen molar-refractivity contribution < 1.29 is 18.7 Å². The number of ether oxygens (including phenoxy) is 1. The number of halogens is 1. The number of imide groups is 1. The Morgan fingerprint density at radius 3 is 2.55 bits per heavy atom. The number of para-hydroxylation sites is 1. The third kappa shape index (κ3) is 4.03. The van der Waals surface area contributed by atoms with Gasteiger partial charge in [-0.05, 0) is 35.9 Å². The number of nitrogens with one attached hydrogen (secondary N) is 2. The zero-order valence-corrected chi connectivity index (χ0v) is 16.6. The van der Waals surface area contributed by atoms with Crippen LogP contribution in [-0.4, -0.2) is 33.7 Å². The molecule has 31 heavy (non-hydrogen) atoms. The third-order valence-electron chi connectivity index (χ3n) is 4.79. The van der Waals surface area contributed by atoms with Gasteiger partial charge in [-0.15, -0.1) is 0 Å². The molecule has 2 heterocycles. The maximum absolute atomic E-state index is 13.4. The number of hydrogen-bond acceptors (Lipinski definition) is 4. The van der Waals surface area contributed by atoms with E-state index in [1.807, 2.05) is 6.07 Å². The van der Waals surface area contributed by atoms with Crippen molar-refractivity contribution in [3.63, 3.8) is 0 Å². The highest BCUT2D eigenvalue weighted by molar-refractivity contribution is 6.13. The maximum Gasteiger partial charge on any atom is 0.329 e. The molecular weight excluding hydrogens is 403 g/mol. The summed E-state index contributed by atoms with van der Waals surface area (Å²) in [6, 6.07) is 13.9. The van der Waals surface area contributed by atoms with E-state index in [9.17, 15) is 18.8 Å². The first kappa shape index (κ1) is 20.3. The molecular formula is C22H19FN4O4. The normalized spacial score (nSPS) is 15.0. The van der Waals surface area contributed by atoms with Crippen LogP contribution in [0.2, 0.25) is 0 Å². The Kier molecular flexibility index (Phi) is 5.50. The van der Waals surface area contributed by atoms with Gasteiger partial charge in [0.1, 0.15) is 11.5 Å². The van der Waals surface area contributed by atoms with E-state index in [1.54, 1.807) is 30.3 Å². The predicted molar refractivity (Wildman–Crippen MR) is 111 cm³/mol. The molecule has 9 heteroatoms. The standard InChI is InChI=1S/C22H19FN4O4/c1-31-13-19-17(20(28)27(25-19)16-8-3-2-4-9-16)11-18-21(29)26(22(30)24-18)12-14-6-5-7-15(23)10-14/h2-11,25H,12-13H2,1H3,(H,24,30)/b18-11-. The minimum Gasteiger partial charge on any atom is -0.378 e. The number of carbonyl (C=O) groups is 2. The molecule has 1 aliphatic heterocycles. The molecule has 1 saturated heterocycles. The van der Waals surface area contributed by atoms with Gasteiger partial charge in [0, 0.05) is 7.11 Å². The van der Waals surface area contributed by atoms with Gasteiger partial charge in [-0.2, -0.15) is 0 Å². The molecule has 0 unspecified atom stereocenters. The minimum atomic E-state index is -0.646. The number of aromatic amines is 1. The smallest absolute Gasteiger partial charge is 0.329 e. The van der Waals surface area contributed by atoms with Crippen molar-refractivity contribution in [2.75, 3.05) is 7.11 Å². The van der Waals surface area contributed by atoms with Crippen LogP contribution in [0.1, 0.15) is 16.8 Å². The Hall–Kier alpha value is -3.98. The van der Waals surface area contributed by atoms with Crippen molar-refractivity contribution in [1.82, 2.24) is 20.0 Å². The van der Waals surface area contributed by atoms with Crippen LogP contribution in [-0.2, 0) is 22.7 Å². The fourth-order valence-corrected chi connectivity index (χ4v) is 3.34. The number of H-pyrrole nitrogens is 1. The quantitative estimate of drug-likeness (QED) is 0.471. The highest BCUT2D eigenvalue weighted by Gasteiger charge is 2.34. The number of methoxy groups -OCH3 is 1. The second-order valence-electron chi connectivity index (χ2n) is 6.92. The first-order valence-corrected chi connectivity index (χ1v) is 9.45. The molecule has 0 bridgehead atoms. The van der Waals surface area contributed by atoms with Gasteiger partial charge in [0.15, 0.2) is 0 Å². The summed E-state index contributed by atoms with van der Waals surface area (Å²) in [4.78, 5) is 39.1. The van der Waals surface area contributed by atoms with Crippen molar-refractivity contribution >= 4 is 18.0 Å². The van der Waals surface area contributed by atoms with Crippen LogP contribution in [0.4, 0.5) is 9.18 Å². The summed E-state index contributed by atoms with van der Waals surface area (Å²) in [5.74, 6) is -1.07. The van der Waals surface area contributed by atoms with E-state index in [2.05, 4.69) is 10.4 Å². The molecule has 2 aromatic carbocycles. The highest BCUT2D eigenvalue weighted by Crippen LogP contribution is 2.18. The number of carbonyl (C=O) groups excluding carboxylic acids is 2. The maximum atomic E-state index is 13.4. The average Bonchev–Trinajstić information content (AvgIpc) is 3.20. The molecule has 3 amide bonds. The number of nitrogens with zero attached hydrogens (tertiary/aromatic N) is 2. The summed E-state index contributed by atoms with van der Waals surface area (Å²) >= 11 is 0. The summed E-state index contributed by atoms with van der Waals surface area (Å²) in [6.45, 7) is 0.00933. The van der Waals surface area contributed by atoms with Gasteiger partial charge in [0.05, 0.1) is 30.1 Å². The van der Waals surface area contributed by atoms with Crippen LogP contribution in [0.5, 0.6) is 0 Å². The van der Waals surface area contributed by atoms with E-state index >= 15 is 0 Å². The molecule has 1 aliphatic rings. The molecule has 1 aromatic heterocycles. The van der Waals surface area contributed by atoms with Gasteiger partial charge in [-0.1, -0.05) is 30.3 Å². The fraction of sp³-hybridized carbons (Fsp3) is 0.136. The largest absolute Gasteiger partial charge is 0.378 e. The summed E-state index contributed by atoms with van der Waals surface area (Å²) in [5, 5.41) is 5.46. The number of benzene rings is 2. The van der Waals surface area contributed by atoms with Crippen LogP contribution in [0.25, 0.3) is 11.8 Å². The first-order valence-electron chi connectivity index (χ1n) is 9.45. The SMILES string of the molecule is COCc1[nH]n(-c2ccccc2)c(=O)c1/C=C1\NC(=O)N(Cc2cccc(F)c2)C1=O. The van der Waals surface area contributed by atoms with Crippen molar-refractivity contribution in [2.24, 2.45) is 0 Å². The molecule has 0 saturated carbocycles. The molecule has 3 aromatic rings. The molecule has 2 N–H and O–H groups in total. The Bertz CT molecular complexity index is 1230. The lowest BCUT2D eigenvalue weighted by Crippen LogP contribution is -2.30. The highest BCUT2D eigenvalue weighted by atomic mass is 19.1. The number of aromatic nitrogens is 2. The summed E-state index contributed by atoms with van der Waals surface area (Å²) in [5.41, 5.74) is 1.30. The van der Waals surface area contributed by atoms with Gasteiger partial charge >= 0.3 is 6.03 Å². The lowest BCUT2D eigenvalue weighted by Gasteiger charge is -2.11. The first-order chi connectivity index (χ1) is 15.0. The summed E-state index contributed by atoms with van der Waals surface area (Å²) in [6.07, 6.45) is 1.33. The van der Waals surface area contributed by atoms with Crippen LogP contribution in [0, 0.1) is 5.82 Å². The van der Waals surface area contributed by atoms with Crippen LogP contribution in [0.3, 0.4) is 0 Å². The number of rotatable bonds is 6. The minimum absolute atomic E-state index is 0.0462. The van der Waals surface area contributed by atoms with Crippen molar-refractivity contribution in [1.29, 1.82) is 0 Å². The average molecular weight is 422 g/mol. The predicted octanol–water partition coefficient (Wildman–Crippen LogP) is 2.54. The van der Waals surface area contributed by atoms with Crippen LogP contribution < -0.4 is 10.9 Å². The van der Waals surface area contributed by atoms with E-state index in [0.717, 1.165) is 4.90 Å². The lowest BCUT2D eigenvalue weighted by molar-refractivity contribution is -0.123. The topological polar surface area (TPSA) is 96.4 Å². The van der Waals surface area contributed by atoms with Crippen molar-refractivity contribution in [3.8, 4) is 5.69 Å². The Labute approximate surface area is 176 Å². The van der Waals surface area contributed by atoms with E-state index in [4.69, 9.17) is 4.74 Å². The zero-order chi connectivity index (χ0) is 22.0. The van der Waals surface area contributed by atoms with E-state index in [0.29, 0.717) is 16.9 Å².